The van der Waals surface area contributed by atoms with Crippen LogP contribution >= 0.6 is 12.2 Å². The molecule has 2 rings (SSSR count). The van der Waals surface area contributed by atoms with Crippen molar-refractivity contribution in [1.29, 1.82) is 0 Å². The topological polar surface area (TPSA) is 68.3 Å². The molecule has 1 aromatic heterocycles. The second-order valence-corrected chi connectivity index (χ2v) is 4.25. The van der Waals surface area contributed by atoms with Gasteiger partial charge in [0.1, 0.15) is 17.0 Å². The third-order valence-electron chi connectivity index (χ3n) is 2.43. The van der Waals surface area contributed by atoms with E-state index in [0.29, 0.717) is 22.6 Å². The average Bonchev–Trinajstić information content (AvgIpc) is 2.76. The van der Waals surface area contributed by atoms with E-state index in [1.54, 1.807) is 31.2 Å². The summed E-state index contributed by atoms with van der Waals surface area (Å²) >= 11 is 4.93. The monoisotopic (exact) mass is 260 g/mol. The Kier molecular flexibility index (Phi) is 3.43. The first-order chi connectivity index (χ1) is 8.58. The van der Waals surface area contributed by atoms with Crippen molar-refractivity contribution < 1.29 is 9.21 Å². The molecule has 0 spiro atoms. The van der Waals surface area contributed by atoms with E-state index in [1.807, 2.05) is 6.07 Å². The minimum absolute atomic E-state index is 0.245. The number of thiocarbonyl (C=S) groups is 1. The Morgan fingerprint density at radius 1 is 1.39 bits per heavy atom. The van der Waals surface area contributed by atoms with Crippen molar-refractivity contribution in [3.63, 3.8) is 0 Å². The fraction of sp³-hybridized carbons (Fsp3) is 0.0769. The van der Waals surface area contributed by atoms with Crippen LogP contribution in [0.4, 0.5) is 5.69 Å². The van der Waals surface area contributed by atoms with E-state index in [-0.39, 0.29) is 10.9 Å². The van der Waals surface area contributed by atoms with Crippen LogP contribution in [-0.2, 0) is 0 Å². The van der Waals surface area contributed by atoms with Crippen LogP contribution in [0.25, 0.3) is 0 Å². The minimum atomic E-state index is -0.254. The molecular weight excluding hydrogens is 248 g/mol. The number of nitrogens with two attached hydrogens (primary N) is 1. The SMILES string of the molecule is Cc1cc(C(=O)Nc2ccccc2C(N)=S)co1. The first-order valence-corrected chi connectivity index (χ1v) is 5.74. The quantitative estimate of drug-likeness (QED) is 0.832. The third-order valence-corrected chi connectivity index (χ3v) is 2.65. The molecule has 0 aliphatic heterocycles. The Bertz CT molecular complexity index is 605. The zero-order valence-electron chi connectivity index (χ0n) is 9.77. The van der Waals surface area contributed by atoms with Gasteiger partial charge in [0.2, 0.25) is 0 Å². The minimum Gasteiger partial charge on any atom is -0.469 e. The lowest BCUT2D eigenvalue weighted by molar-refractivity contribution is 0.102. The summed E-state index contributed by atoms with van der Waals surface area (Å²) in [5.74, 6) is 0.429. The standard InChI is InChI=1S/C13H12N2O2S/c1-8-6-9(7-17-8)13(16)15-11-5-3-2-4-10(11)12(14)18/h2-7H,1H3,(H2,14,18)(H,15,16). The van der Waals surface area contributed by atoms with Gasteiger partial charge in [0.25, 0.3) is 5.91 Å². The highest BCUT2D eigenvalue weighted by Gasteiger charge is 2.11. The summed E-state index contributed by atoms with van der Waals surface area (Å²) in [6.45, 7) is 1.78. The Hall–Kier alpha value is -2.14. The second kappa shape index (κ2) is 5.01. The zero-order valence-corrected chi connectivity index (χ0v) is 10.6. The number of rotatable bonds is 3. The number of aryl methyl sites for hydroxylation is 1. The van der Waals surface area contributed by atoms with E-state index in [9.17, 15) is 4.79 Å². The highest BCUT2D eigenvalue weighted by molar-refractivity contribution is 7.80. The van der Waals surface area contributed by atoms with Crippen LogP contribution in [0.3, 0.4) is 0 Å². The van der Waals surface area contributed by atoms with E-state index in [2.05, 4.69) is 5.32 Å². The lowest BCUT2D eigenvalue weighted by atomic mass is 10.1. The van der Waals surface area contributed by atoms with E-state index in [0.717, 1.165) is 0 Å². The predicted octanol–water partition coefficient (Wildman–Crippen LogP) is 2.47. The van der Waals surface area contributed by atoms with Crippen molar-refractivity contribution in [2.24, 2.45) is 5.73 Å². The Labute approximate surface area is 110 Å². The molecule has 0 aliphatic carbocycles. The molecule has 0 fully saturated rings. The summed E-state index contributed by atoms with van der Waals surface area (Å²) < 4.78 is 5.09. The molecule has 18 heavy (non-hydrogen) atoms. The molecule has 1 amide bonds. The summed E-state index contributed by atoms with van der Waals surface area (Å²) in [7, 11) is 0. The number of para-hydroxylation sites is 1. The summed E-state index contributed by atoms with van der Waals surface area (Å²) in [6.07, 6.45) is 1.41. The van der Waals surface area contributed by atoms with E-state index in [1.165, 1.54) is 6.26 Å². The van der Waals surface area contributed by atoms with Gasteiger partial charge in [-0.2, -0.15) is 0 Å². The van der Waals surface area contributed by atoms with E-state index < -0.39 is 0 Å². The number of hydrogen-bond donors (Lipinski definition) is 2. The zero-order chi connectivity index (χ0) is 13.1. The highest BCUT2D eigenvalue weighted by atomic mass is 32.1. The first kappa shape index (κ1) is 12.3. The smallest absolute Gasteiger partial charge is 0.258 e. The van der Waals surface area contributed by atoms with Crippen molar-refractivity contribution in [2.75, 3.05) is 5.32 Å². The maximum absolute atomic E-state index is 11.9. The van der Waals surface area contributed by atoms with Gasteiger partial charge in [-0.05, 0) is 25.1 Å². The summed E-state index contributed by atoms with van der Waals surface area (Å²) in [5.41, 5.74) is 7.29. The lowest BCUT2D eigenvalue weighted by Crippen LogP contribution is -2.17. The Balaban J connectivity index is 2.24. The van der Waals surface area contributed by atoms with Crippen molar-refractivity contribution in [3.05, 3.63) is 53.5 Å². The maximum Gasteiger partial charge on any atom is 0.258 e. The van der Waals surface area contributed by atoms with Crippen LogP contribution in [0.5, 0.6) is 0 Å². The maximum atomic E-state index is 11.9. The van der Waals surface area contributed by atoms with Gasteiger partial charge < -0.3 is 15.5 Å². The molecule has 4 nitrogen and oxygen atoms in total. The molecule has 0 saturated carbocycles. The summed E-state index contributed by atoms with van der Waals surface area (Å²) in [4.78, 5) is 12.2. The third kappa shape index (κ3) is 2.57. The number of amides is 1. The van der Waals surface area contributed by atoms with Gasteiger partial charge in [-0.1, -0.05) is 24.4 Å². The van der Waals surface area contributed by atoms with Gasteiger partial charge in [0, 0.05) is 5.56 Å². The van der Waals surface area contributed by atoms with Gasteiger partial charge in [0.05, 0.1) is 11.3 Å². The molecule has 92 valence electrons. The van der Waals surface area contributed by atoms with Gasteiger partial charge in [-0.15, -0.1) is 0 Å². The van der Waals surface area contributed by atoms with Crippen molar-refractivity contribution in [3.8, 4) is 0 Å². The van der Waals surface area contributed by atoms with Crippen LogP contribution in [0.1, 0.15) is 21.7 Å². The number of hydrogen-bond acceptors (Lipinski definition) is 3. The van der Waals surface area contributed by atoms with Crippen LogP contribution < -0.4 is 11.1 Å². The molecule has 1 aromatic carbocycles. The molecule has 0 atom stereocenters. The normalized spacial score (nSPS) is 10.1. The Morgan fingerprint density at radius 3 is 2.72 bits per heavy atom. The second-order valence-electron chi connectivity index (χ2n) is 3.81. The molecule has 0 saturated heterocycles. The van der Waals surface area contributed by atoms with Crippen molar-refractivity contribution in [1.82, 2.24) is 0 Å². The number of carbonyl (C=O) groups is 1. The molecule has 0 bridgehead atoms. The number of benzene rings is 1. The van der Waals surface area contributed by atoms with Gasteiger partial charge in [-0.3, -0.25) is 4.79 Å². The van der Waals surface area contributed by atoms with Gasteiger partial charge in [-0.25, -0.2) is 0 Å². The number of furan rings is 1. The number of carbonyl (C=O) groups excluding carboxylic acids is 1. The molecule has 1 heterocycles. The summed E-state index contributed by atoms with van der Waals surface area (Å²) in [5, 5.41) is 2.76. The molecule has 0 radical (unpaired) electrons. The summed E-state index contributed by atoms with van der Waals surface area (Å²) in [6, 6.07) is 8.79. The fourth-order valence-corrected chi connectivity index (χ4v) is 1.74. The average molecular weight is 260 g/mol. The van der Waals surface area contributed by atoms with Crippen molar-refractivity contribution >= 4 is 28.8 Å². The Morgan fingerprint density at radius 2 is 2.11 bits per heavy atom. The molecular formula is C13H12N2O2S. The lowest BCUT2D eigenvalue weighted by Gasteiger charge is -2.08. The number of anilines is 1. The van der Waals surface area contributed by atoms with E-state index in [4.69, 9.17) is 22.4 Å². The van der Waals surface area contributed by atoms with Crippen LogP contribution in [-0.4, -0.2) is 10.9 Å². The van der Waals surface area contributed by atoms with Crippen LogP contribution in [0, 0.1) is 6.92 Å². The molecule has 0 aliphatic rings. The largest absolute Gasteiger partial charge is 0.469 e. The molecule has 3 N–H and O–H groups in total. The van der Waals surface area contributed by atoms with Gasteiger partial charge >= 0.3 is 0 Å². The van der Waals surface area contributed by atoms with Gasteiger partial charge in [0.15, 0.2) is 0 Å². The fourth-order valence-electron chi connectivity index (χ4n) is 1.56. The molecule has 5 heteroatoms. The van der Waals surface area contributed by atoms with Crippen LogP contribution in [0.15, 0.2) is 41.0 Å². The molecule has 0 unspecified atom stereocenters. The first-order valence-electron chi connectivity index (χ1n) is 5.33. The van der Waals surface area contributed by atoms with Crippen LogP contribution in [0.2, 0.25) is 0 Å². The number of nitrogens with one attached hydrogen (secondary N) is 1. The van der Waals surface area contributed by atoms with Crippen molar-refractivity contribution in [2.45, 2.75) is 6.92 Å². The molecule has 2 aromatic rings. The predicted molar refractivity (Wildman–Crippen MR) is 73.7 cm³/mol. The highest BCUT2D eigenvalue weighted by Crippen LogP contribution is 2.16. The van der Waals surface area contributed by atoms with E-state index >= 15 is 0 Å².